The van der Waals surface area contributed by atoms with Crippen molar-refractivity contribution in [3.8, 4) is 0 Å². The number of hydrogen-bond donors (Lipinski definition) is 2. The summed E-state index contributed by atoms with van der Waals surface area (Å²) in [5.74, 6) is -0.218. The van der Waals surface area contributed by atoms with E-state index in [9.17, 15) is 9.59 Å². The Kier molecular flexibility index (Phi) is 5.20. The molecular formula is C16H23N3O2. The van der Waals surface area contributed by atoms with E-state index in [4.69, 9.17) is 0 Å². The Morgan fingerprint density at radius 3 is 2.81 bits per heavy atom. The van der Waals surface area contributed by atoms with Crippen LogP contribution in [0.15, 0.2) is 24.3 Å². The number of para-hydroxylation sites is 1. The van der Waals surface area contributed by atoms with Crippen LogP contribution in [0.3, 0.4) is 0 Å². The van der Waals surface area contributed by atoms with Crippen molar-refractivity contribution < 1.29 is 9.59 Å². The van der Waals surface area contributed by atoms with Crippen molar-refractivity contribution in [2.24, 2.45) is 0 Å². The van der Waals surface area contributed by atoms with Gasteiger partial charge in [0.2, 0.25) is 11.8 Å². The summed E-state index contributed by atoms with van der Waals surface area (Å²) in [5.41, 5.74) is 2.05. The summed E-state index contributed by atoms with van der Waals surface area (Å²) in [5, 5.41) is 6.06. The molecule has 1 aliphatic heterocycles. The number of carbonyl (C=O) groups is 2. The van der Waals surface area contributed by atoms with E-state index in [0.717, 1.165) is 24.2 Å². The van der Waals surface area contributed by atoms with E-state index in [1.807, 2.05) is 38.1 Å². The minimum absolute atomic E-state index is 0.0395. The first-order chi connectivity index (χ1) is 10.2. The molecule has 2 N–H and O–H groups in total. The summed E-state index contributed by atoms with van der Waals surface area (Å²) in [6.07, 6.45) is 0.766. The fourth-order valence-electron chi connectivity index (χ4n) is 2.72. The van der Waals surface area contributed by atoms with Gasteiger partial charge in [-0.3, -0.25) is 9.59 Å². The van der Waals surface area contributed by atoms with Crippen molar-refractivity contribution in [1.82, 2.24) is 10.2 Å². The number of anilines is 1. The maximum Gasteiger partial charge on any atom is 0.239 e. The number of amides is 2. The summed E-state index contributed by atoms with van der Waals surface area (Å²) < 4.78 is 0. The monoisotopic (exact) mass is 289 g/mol. The van der Waals surface area contributed by atoms with Gasteiger partial charge in [0.15, 0.2) is 0 Å². The first kappa shape index (κ1) is 15.4. The summed E-state index contributed by atoms with van der Waals surface area (Å²) >= 11 is 0. The van der Waals surface area contributed by atoms with Crippen LogP contribution in [0, 0.1) is 0 Å². The maximum atomic E-state index is 12.7. The highest BCUT2D eigenvalue weighted by Gasteiger charge is 2.29. The summed E-state index contributed by atoms with van der Waals surface area (Å²) in [7, 11) is 0. The number of hydrogen-bond acceptors (Lipinski definition) is 3. The third-order valence-electron chi connectivity index (χ3n) is 3.78. The minimum Gasteiger partial charge on any atom is -0.385 e. The van der Waals surface area contributed by atoms with Crippen LogP contribution >= 0.6 is 0 Å². The Balaban J connectivity index is 2.13. The van der Waals surface area contributed by atoms with Crippen LogP contribution in [-0.4, -0.2) is 42.9 Å². The van der Waals surface area contributed by atoms with Gasteiger partial charge in [-0.25, -0.2) is 0 Å². The molecule has 114 valence electrons. The zero-order chi connectivity index (χ0) is 15.2. The summed E-state index contributed by atoms with van der Waals surface area (Å²) in [6, 6.07) is 7.90. The van der Waals surface area contributed by atoms with Crippen LogP contribution in [0.1, 0.15) is 31.7 Å². The molecule has 5 nitrogen and oxygen atoms in total. The SMILES string of the molecule is CCNC(=O)CN(CC)C(=O)C1CCNc2ccccc21. The van der Waals surface area contributed by atoms with Gasteiger partial charge in [-0.05, 0) is 31.9 Å². The summed E-state index contributed by atoms with van der Waals surface area (Å²) in [6.45, 7) is 5.83. The lowest BCUT2D eigenvalue weighted by Gasteiger charge is -2.30. The highest BCUT2D eigenvalue weighted by molar-refractivity contribution is 5.90. The lowest BCUT2D eigenvalue weighted by molar-refractivity contribution is -0.137. The first-order valence-corrected chi connectivity index (χ1v) is 7.55. The molecule has 1 heterocycles. The van der Waals surface area contributed by atoms with Gasteiger partial charge < -0.3 is 15.5 Å². The average Bonchev–Trinajstić information content (AvgIpc) is 2.51. The molecule has 0 aliphatic carbocycles. The molecule has 1 aromatic rings. The number of nitrogens with zero attached hydrogens (tertiary/aromatic N) is 1. The Bertz CT molecular complexity index is 516. The van der Waals surface area contributed by atoms with Crippen molar-refractivity contribution in [2.75, 3.05) is 31.5 Å². The fraction of sp³-hybridized carbons (Fsp3) is 0.500. The second-order valence-corrected chi connectivity index (χ2v) is 5.16. The lowest BCUT2D eigenvalue weighted by atomic mass is 9.90. The molecule has 0 radical (unpaired) electrons. The van der Waals surface area contributed by atoms with Gasteiger partial charge in [-0.1, -0.05) is 18.2 Å². The van der Waals surface area contributed by atoms with Crippen molar-refractivity contribution in [1.29, 1.82) is 0 Å². The predicted molar refractivity (Wildman–Crippen MR) is 83.2 cm³/mol. The molecule has 5 heteroatoms. The normalized spacial score (nSPS) is 16.6. The molecule has 0 bridgehead atoms. The second-order valence-electron chi connectivity index (χ2n) is 5.16. The Labute approximate surface area is 125 Å². The smallest absolute Gasteiger partial charge is 0.239 e. The fourth-order valence-corrected chi connectivity index (χ4v) is 2.72. The maximum absolute atomic E-state index is 12.7. The Morgan fingerprint density at radius 2 is 2.10 bits per heavy atom. The predicted octanol–water partition coefficient (Wildman–Crippen LogP) is 1.57. The Morgan fingerprint density at radius 1 is 1.33 bits per heavy atom. The minimum atomic E-state index is -0.156. The van der Waals surface area contributed by atoms with Crippen molar-refractivity contribution in [2.45, 2.75) is 26.2 Å². The molecule has 1 unspecified atom stereocenters. The van der Waals surface area contributed by atoms with Gasteiger partial charge in [0.25, 0.3) is 0 Å². The van der Waals surface area contributed by atoms with Crippen LogP contribution in [-0.2, 0) is 9.59 Å². The van der Waals surface area contributed by atoms with Gasteiger partial charge in [0, 0.05) is 25.3 Å². The van der Waals surface area contributed by atoms with Crippen molar-refractivity contribution in [3.05, 3.63) is 29.8 Å². The van der Waals surface area contributed by atoms with E-state index in [2.05, 4.69) is 10.6 Å². The molecule has 2 rings (SSSR count). The molecule has 1 aliphatic rings. The van der Waals surface area contributed by atoms with E-state index in [0.29, 0.717) is 13.1 Å². The quantitative estimate of drug-likeness (QED) is 0.865. The van der Waals surface area contributed by atoms with E-state index >= 15 is 0 Å². The number of nitrogens with one attached hydrogen (secondary N) is 2. The van der Waals surface area contributed by atoms with Crippen LogP contribution < -0.4 is 10.6 Å². The number of carbonyl (C=O) groups excluding carboxylic acids is 2. The van der Waals surface area contributed by atoms with Crippen molar-refractivity contribution in [3.63, 3.8) is 0 Å². The van der Waals surface area contributed by atoms with E-state index in [-0.39, 0.29) is 24.3 Å². The van der Waals surface area contributed by atoms with Gasteiger partial charge in [-0.2, -0.15) is 0 Å². The van der Waals surface area contributed by atoms with Gasteiger partial charge in [0.05, 0.1) is 12.5 Å². The van der Waals surface area contributed by atoms with Crippen LogP contribution in [0.25, 0.3) is 0 Å². The largest absolute Gasteiger partial charge is 0.385 e. The van der Waals surface area contributed by atoms with Crippen LogP contribution in [0.4, 0.5) is 5.69 Å². The van der Waals surface area contributed by atoms with E-state index in [1.165, 1.54) is 0 Å². The molecule has 1 aromatic carbocycles. The molecule has 0 aromatic heterocycles. The highest BCUT2D eigenvalue weighted by Crippen LogP contribution is 2.32. The zero-order valence-electron chi connectivity index (χ0n) is 12.7. The standard InChI is InChI=1S/C16H23N3O2/c1-3-17-15(20)11-19(4-2)16(21)13-9-10-18-14-8-6-5-7-12(13)14/h5-8,13,18H,3-4,9-11H2,1-2H3,(H,17,20). The molecule has 0 fully saturated rings. The first-order valence-electron chi connectivity index (χ1n) is 7.55. The van der Waals surface area contributed by atoms with Crippen LogP contribution in [0.5, 0.6) is 0 Å². The number of fused-ring (bicyclic) bond motifs is 1. The highest BCUT2D eigenvalue weighted by atomic mass is 16.2. The average molecular weight is 289 g/mol. The topological polar surface area (TPSA) is 61.4 Å². The number of benzene rings is 1. The second kappa shape index (κ2) is 7.11. The number of likely N-dealkylation sites (N-methyl/N-ethyl adjacent to an activating group) is 2. The Hall–Kier alpha value is -2.04. The van der Waals surface area contributed by atoms with Crippen LogP contribution in [0.2, 0.25) is 0 Å². The molecular weight excluding hydrogens is 266 g/mol. The molecule has 1 atom stereocenters. The molecule has 2 amide bonds. The lowest BCUT2D eigenvalue weighted by Crippen LogP contribution is -2.43. The molecule has 21 heavy (non-hydrogen) atoms. The van der Waals surface area contributed by atoms with Gasteiger partial charge in [-0.15, -0.1) is 0 Å². The van der Waals surface area contributed by atoms with Gasteiger partial charge in [0.1, 0.15) is 0 Å². The van der Waals surface area contributed by atoms with Crippen molar-refractivity contribution >= 4 is 17.5 Å². The zero-order valence-corrected chi connectivity index (χ0v) is 12.7. The number of rotatable bonds is 5. The third kappa shape index (κ3) is 3.54. The summed E-state index contributed by atoms with van der Waals surface area (Å²) in [4.78, 5) is 26.1. The molecule has 0 saturated heterocycles. The van der Waals surface area contributed by atoms with Gasteiger partial charge >= 0.3 is 0 Å². The molecule has 0 spiro atoms. The van der Waals surface area contributed by atoms with E-state index < -0.39 is 0 Å². The van der Waals surface area contributed by atoms with E-state index in [1.54, 1.807) is 4.90 Å². The third-order valence-corrected chi connectivity index (χ3v) is 3.78. The molecule has 0 saturated carbocycles.